The summed E-state index contributed by atoms with van der Waals surface area (Å²) in [4.78, 5) is 4.44. The minimum absolute atomic E-state index is 0.511. The number of nitrogens with zero attached hydrogens (tertiary/aromatic N) is 1. The van der Waals surface area contributed by atoms with Crippen molar-refractivity contribution in [2.75, 3.05) is 7.11 Å². The first-order valence-electron chi connectivity index (χ1n) is 5.08. The average molecular weight is 234 g/mol. The van der Waals surface area contributed by atoms with Crippen LogP contribution in [-0.4, -0.2) is 12.1 Å². The molecule has 0 fully saturated rings. The quantitative estimate of drug-likeness (QED) is 0.882. The Bertz CT molecular complexity index is 468. The van der Waals surface area contributed by atoms with E-state index in [1.54, 1.807) is 18.4 Å². The number of thiazole rings is 1. The van der Waals surface area contributed by atoms with Gasteiger partial charge < -0.3 is 10.5 Å². The van der Waals surface area contributed by atoms with Crippen molar-refractivity contribution in [3.8, 4) is 5.75 Å². The molecule has 16 heavy (non-hydrogen) atoms. The van der Waals surface area contributed by atoms with Crippen LogP contribution in [-0.2, 0) is 13.0 Å². The Hall–Kier alpha value is -1.39. The lowest BCUT2D eigenvalue weighted by molar-refractivity contribution is 0.410. The molecule has 4 heteroatoms. The minimum Gasteiger partial charge on any atom is -0.496 e. The maximum Gasteiger partial charge on any atom is 0.122 e. The molecule has 0 aliphatic rings. The van der Waals surface area contributed by atoms with E-state index in [0.717, 1.165) is 28.4 Å². The lowest BCUT2D eigenvalue weighted by atomic mass is 10.1. The summed E-state index contributed by atoms with van der Waals surface area (Å²) in [5.74, 6) is 0.907. The zero-order chi connectivity index (χ0) is 11.4. The van der Waals surface area contributed by atoms with Crippen molar-refractivity contribution in [3.05, 3.63) is 45.9 Å². The van der Waals surface area contributed by atoms with Gasteiger partial charge in [0.1, 0.15) is 10.8 Å². The van der Waals surface area contributed by atoms with Crippen LogP contribution in [0.4, 0.5) is 0 Å². The molecule has 2 N–H and O–H groups in total. The Kier molecular flexibility index (Phi) is 3.54. The predicted octanol–water partition coefficient (Wildman–Crippen LogP) is 2.20. The molecule has 0 bridgehead atoms. The van der Waals surface area contributed by atoms with Crippen molar-refractivity contribution in [2.45, 2.75) is 13.0 Å². The third kappa shape index (κ3) is 2.40. The monoisotopic (exact) mass is 234 g/mol. The zero-order valence-corrected chi connectivity index (χ0v) is 9.96. The van der Waals surface area contributed by atoms with Crippen molar-refractivity contribution >= 4 is 11.3 Å². The Morgan fingerprint density at radius 1 is 1.38 bits per heavy atom. The molecule has 0 aliphatic heterocycles. The molecule has 2 rings (SSSR count). The number of nitrogens with two attached hydrogens (primary N) is 1. The van der Waals surface area contributed by atoms with Gasteiger partial charge in [0.05, 0.1) is 12.8 Å². The highest BCUT2D eigenvalue weighted by Crippen LogP contribution is 2.21. The van der Waals surface area contributed by atoms with Crippen LogP contribution < -0.4 is 10.5 Å². The summed E-state index contributed by atoms with van der Waals surface area (Å²) in [5, 5.41) is 3.03. The van der Waals surface area contributed by atoms with Gasteiger partial charge in [0.15, 0.2) is 0 Å². The molecule has 0 radical (unpaired) electrons. The van der Waals surface area contributed by atoms with Gasteiger partial charge in [-0.1, -0.05) is 18.2 Å². The number of methoxy groups -OCH3 is 1. The highest BCUT2D eigenvalue weighted by atomic mass is 32.1. The van der Waals surface area contributed by atoms with E-state index < -0.39 is 0 Å². The summed E-state index contributed by atoms with van der Waals surface area (Å²) in [6.07, 6.45) is 0.792. The van der Waals surface area contributed by atoms with Gasteiger partial charge in [-0.05, 0) is 6.07 Å². The van der Waals surface area contributed by atoms with Crippen molar-refractivity contribution < 1.29 is 4.74 Å². The lowest BCUT2D eigenvalue weighted by Gasteiger charge is -2.05. The van der Waals surface area contributed by atoms with E-state index in [0.29, 0.717) is 6.54 Å². The van der Waals surface area contributed by atoms with Crippen LogP contribution in [0.3, 0.4) is 0 Å². The Balaban J connectivity index is 2.19. The van der Waals surface area contributed by atoms with Crippen molar-refractivity contribution in [2.24, 2.45) is 5.73 Å². The van der Waals surface area contributed by atoms with E-state index in [-0.39, 0.29) is 0 Å². The summed E-state index contributed by atoms with van der Waals surface area (Å²) in [7, 11) is 1.69. The molecule has 1 aromatic heterocycles. The third-order valence-corrected chi connectivity index (χ3v) is 3.26. The van der Waals surface area contributed by atoms with Crippen LogP contribution in [0.15, 0.2) is 29.6 Å². The van der Waals surface area contributed by atoms with E-state index in [1.807, 2.05) is 18.2 Å². The van der Waals surface area contributed by atoms with Gasteiger partial charge in [0.25, 0.3) is 0 Å². The first-order chi connectivity index (χ1) is 7.83. The standard InChI is InChI=1S/C12H14N2OS/c1-15-11-5-3-2-4-9(11)6-10-8-16-12(7-13)14-10/h2-5,8H,6-7,13H2,1H3. The molecular formula is C12H14N2OS. The van der Waals surface area contributed by atoms with Crippen LogP contribution in [0, 0.1) is 0 Å². The number of ether oxygens (including phenoxy) is 1. The molecule has 0 unspecified atom stereocenters. The topological polar surface area (TPSA) is 48.1 Å². The normalized spacial score (nSPS) is 10.4. The van der Waals surface area contributed by atoms with Crippen molar-refractivity contribution in [1.82, 2.24) is 4.98 Å². The first-order valence-corrected chi connectivity index (χ1v) is 5.96. The molecule has 0 saturated carbocycles. The zero-order valence-electron chi connectivity index (χ0n) is 9.14. The van der Waals surface area contributed by atoms with Crippen molar-refractivity contribution in [1.29, 1.82) is 0 Å². The van der Waals surface area contributed by atoms with Gasteiger partial charge in [0.2, 0.25) is 0 Å². The molecule has 0 spiro atoms. The summed E-state index contributed by atoms with van der Waals surface area (Å²) in [6, 6.07) is 7.99. The Morgan fingerprint density at radius 3 is 2.88 bits per heavy atom. The predicted molar refractivity (Wildman–Crippen MR) is 65.8 cm³/mol. The fourth-order valence-corrected chi connectivity index (χ4v) is 2.24. The summed E-state index contributed by atoms with van der Waals surface area (Å²) < 4.78 is 5.30. The molecule has 1 aromatic carbocycles. The number of hydrogen-bond acceptors (Lipinski definition) is 4. The molecule has 1 heterocycles. The van der Waals surface area contributed by atoms with E-state index >= 15 is 0 Å². The minimum atomic E-state index is 0.511. The summed E-state index contributed by atoms with van der Waals surface area (Å²) in [6.45, 7) is 0.511. The number of para-hydroxylation sites is 1. The van der Waals surface area contributed by atoms with E-state index in [1.165, 1.54) is 0 Å². The van der Waals surface area contributed by atoms with Gasteiger partial charge in [-0.15, -0.1) is 11.3 Å². The fraction of sp³-hybridized carbons (Fsp3) is 0.250. The smallest absolute Gasteiger partial charge is 0.122 e. The van der Waals surface area contributed by atoms with Gasteiger partial charge in [-0.25, -0.2) is 4.98 Å². The summed E-state index contributed by atoms with van der Waals surface area (Å²) >= 11 is 1.61. The van der Waals surface area contributed by atoms with Gasteiger partial charge in [-0.3, -0.25) is 0 Å². The van der Waals surface area contributed by atoms with Crippen LogP contribution >= 0.6 is 11.3 Å². The van der Waals surface area contributed by atoms with Gasteiger partial charge in [0, 0.05) is 23.9 Å². The maximum absolute atomic E-state index is 5.54. The number of benzene rings is 1. The number of rotatable bonds is 4. The fourth-order valence-electron chi connectivity index (χ4n) is 1.57. The van der Waals surface area contributed by atoms with Crippen LogP contribution in [0.25, 0.3) is 0 Å². The van der Waals surface area contributed by atoms with Crippen LogP contribution in [0.1, 0.15) is 16.3 Å². The highest BCUT2D eigenvalue weighted by molar-refractivity contribution is 7.09. The third-order valence-electron chi connectivity index (χ3n) is 2.34. The van der Waals surface area contributed by atoms with Gasteiger partial charge in [-0.2, -0.15) is 0 Å². The van der Waals surface area contributed by atoms with Gasteiger partial charge >= 0.3 is 0 Å². The Labute approximate surface area is 98.9 Å². The molecule has 0 aliphatic carbocycles. The second kappa shape index (κ2) is 5.09. The molecule has 2 aromatic rings. The van der Waals surface area contributed by atoms with E-state index in [2.05, 4.69) is 16.4 Å². The molecule has 84 valence electrons. The SMILES string of the molecule is COc1ccccc1Cc1csc(CN)n1. The van der Waals surface area contributed by atoms with E-state index in [9.17, 15) is 0 Å². The second-order valence-corrected chi connectivity index (χ2v) is 4.37. The van der Waals surface area contributed by atoms with E-state index in [4.69, 9.17) is 10.5 Å². The maximum atomic E-state index is 5.54. The number of hydrogen-bond donors (Lipinski definition) is 1. The largest absolute Gasteiger partial charge is 0.496 e. The lowest BCUT2D eigenvalue weighted by Crippen LogP contribution is -1.97. The van der Waals surface area contributed by atoms with Crippen molar-refractivity contribution in [3.63, 3.8) is 0 Å². The summed E-state index contributed by atoms with van der Waals surface area (Å²) in [5.41, 5.74) is 7.74. The Morgan fingerprint density at radius 2 is 2.19 bits per heavy atom. The average Bonchev–Trinajstić information content (AvgIpc) is 2.77. The molecule has 0 atom stereocenters. The molecule has 0 amide bonds. The molecular weight excluding hydrogens is 220 g/mol. The van der Waals surface area contributed by atoms with Crippen LogP contribution in [0.2, 0.25) is 0 Å². The van der Waals surface area contributed by atoms with Crippen LogP contribution in [0.5, 0.6) is 5.75 Å². The molecule has 3 nitrogen and oxygen atoms in total. The first kappa shape index (κ1) is 11.1. The highest BCUT2D eigenvalue weighted by Gasteiger charge is 2.05. The number of aromatic nitrogens is 1. The second-order valence-electron chi connectivity index (χ2n) is 3.43. The molecule has 0 saturated heterocycles.